The van der Waals surface area contributed by atoms with E-state index in [0.29, 0.717) is 34.8 Å². The van der Waals surface area contributed by atoms with Gasteiger partial charge in [-0.1, -0.05) is 23.2 Å². The molecule has 1 fully saturated rings. The second-order valence-electron chi connectivity index (χ2n) is 7.21. The van der Waals surface area contributed by atoms with Gasteiger partial charge in [0, 0.05) is 35.0 Å². The summed E-state index contributed by atoms with van der Waals surface area (Å²) in [5.74, 6) is -2.72. The van der Waals surface area contributed by atoms with Gasteiger partial charge in [-0.05, 0) is 48.6 Å². The Labute approximate surface area is 175 Å². The predicted octanol–water partition coefficient (Wildman–Crippen LogP) is 6.81. The number of aromatic amines is 1. The summed E-state index contributed by atoms with van der Waals surface area (Å²) in [6, 6.07) is 6.57. The van der Waals surface area contributed by atoms with Crippen LogP contribution in [-0.2, 0) is 0 Å². The highest BCUT2D eigenvalue weighted by Gasteiger charge is 2.36. The van der Waals surface area contributed by atoms with Crippen LogP contribution in [0.15, 0.2) is 36.7 Å². The lowest BCUT2D eigenvalue weighted by Crippen LogP contribution is -2.24. The lowest BCUT2D eigenvalue weighted by Gasteiger charge is -2.28. The molecule has 1 aromatic carbocycles. The molecule has 2 amide bonds. The molecule has 4 rings (SSSR count). The van der Waals surface area contributed by atoms with Crippen molar-refractivity contribution in [3.63, 3.8) is 0 Å². The van der Waals surface area contributed by atoms with E-state index in [1.165, 1.54) is 6.20 Å². The maximum atomic E-state index is 13.4. The molecule has 3 N–H and O–H groups in total. The number of alkyl halides is 2. The number of halogens is 4. The highest BCUT2D eigenvalue weighted by molar-refractivity contribution is 6.31. The molecule has 152 valence electrons. The van der Waals surface area contributed by atoms with E-state index in [2.05, 4.69) is 20.6 Å². The minimum atomic E-state index is -2.62. The number of hydrogen-bond donors (Lipinski definition) is 3. The van der Waals surface area contributed by atoms with Crippen molar-refractivity contribution in [1.82, 2.24) is 9.97 Å². The van der Waals surface area contributed by atoms with Gasteiger partial charge >= 0.3 is 6.03 Å². The van der Waals surface area contributed by atoms with Crippen LogP contribution in [0, 0.1) is 0 Å². The number of benzene rings is 1. The fraction of sp³-hybridized carbons (Fsp3) is 0.300. The Morgan fingerprint density at radius 3 is 2.69 bits per heavy atom. The summed E-state index contributed by atoms with van der Waals surface area (Å²) in [7, 11) is 0. The van der Waals surface area contributed by atoms with E-state index in [0.717, 1.165) is 10.9 Å². The van der Waals surface area contributed by atoms with E-state index in [4.69, 9.17) is 23.2 Å². The van der Waals surface area contributed by atoms with Crippen molar-refractivity contribution in [3.05, 3.63) is 52.4 Å². The molecule has 0 saturated heterocycles. The predicted molar refractivity (Wildman–Crippen MR) is 111 cm³/mol. The van der Waals surface area contributed by atoms with Gasteiger partial charge in [0.2, 0.25) is 5.92 Å². The van der Waals surface area contributed by atoms with Crippen LogP contribution in [-0.4, -0.2) is 21.9 Å². The molecule has 0 unspecified atom stereocenters. The third-order valence-electron chi connectivity index (χ3n) is 5.17. The number of fused-ring (bicyclic) bond motifs is 1. The van der Waals surface area contributed by atoms with E-state index in [1.807, 2.05) is 6.07 Å². The molecule has 2 heterocycles. The van der Waals surface area contributed by atoms with Gasteiger partial charge in [-0.15, -0.1) is 0 Å². The van der Waals surface area contributed by atoms with Gasteiger partial charge in [-0.25, -0.2) is 18.6 Å². The van der Waals surface area contributed by atoms with Gasteiger partial charge in [0.05, 0.1) is 17.6 Å². The van der Waals surface area contributed by atoms with Crippen LogP contribution in [0.25, 0.3) is 10.9 Å². The zero-order valence-corrected chi connectivity index (χ0v) is 16.7. The van der Waals surface area contributed by atoms with Crippen molar-refractivity contribution in [1.29, 1.82) is 0 Å². The van der Waals surface area contributed by atoms with Gasteiger partial charge in [0.1, 0.15) is 5.15 Å². The number of nitrogens with one attached hydrogen (secondary N) is 3. The Kier molecular flexibility index (Phi) is 5.36. The molecule has 1 aliphatic rings. The largest absolute Gasteiger partial charge is 0.359 e. The second kappa shape index (κ2) is 7.80. The molecule has 1 aliphatic carbocycles. The average molecular weight is 439 g/mol. The van der Waals surface area contributed by atoms with Crippen molar-refractivity contribution in [2.45, 2.75) is 37.5 Å². The fourth-order valence-electron chi connectivity index (χ4n) is 3.65. The number of nitrogens with zero attached hydrogens (tertiary/aromatic N) is 1. The number of urea groups is 1. The first-order valence-corrected chi connectivity index (χ1v) is 9.94. The van der Waals surface area contributed by atoms with Gasteiger partial charge < -0.3 is 15.6 Å². The second-order valence-corrected chi connectivity index (χ2v) is 8.00. The van der Waals surface area contributed by atoms with Gasteiger partial charge in [-0.2, -0.15) is 0 Å². The SMILES string of the molecule is O=C(Nc1cnc(Cl)c(C2CCC(F)(F)CC2)c1)Nc1c[nH]c2ccc(Cl)cc12. The maximum absolute atomic E-state index is 13.4. The number of H-pyrrole nitrogens is 1. The van der Waals surface area contributed by atoms with Crippen LogP contribution in [0.3, 0.4) is 0 Å². The molecule has 2 aromatic heterocycles. The quantitative estimate of drug-likeness (QED) is 0.393. The number of pyridine rings is 1. The fourth-order valence-corrected chi connectivity index (χ4v) is 4.08. The molecule has 29 heavy (non-hydrogen) atoms. The first-order chi connectivity index (χ1) is 13.8. The zero-order valence-electron chi connectivity index (χ0n) is 15.2. The first-order valence-electron chi connectivity index (χ1n) is 9.19. The van der Waals surface area contributed by atoms with E-state index < -0.39 is 12.0 Å². The molecular weight excluding hydrogens is 421 g/mol. The topological polar surface area (TPSA) is 69.8 Å². The van der Waals surface area contributed by atoms with Crippen LogP contribution in [0.1, 0.15) is 37.2 Å². The summed E-state index contributed by atoms with van der Waals surface area (Å²) >= 11 is 12.2. The molecule has 0 bridgehead atoms. The average Bonchev–Trinajstić information content (AvgIpc) is 3.05. The Morgan fingerprint density at radius 1 is 1.17 bits per heavy atom. The normalized spacial score (nSPS) is 16.7. The Hall–Kier alpha value is -2.38. The molecule has 0 radical (unpaired) electrons. The van der Waals surface area contributed by atoms with Crippen molar-refractivity contribution in [3.8, 4) is 0 Å². The molecule has 1 saturated carbocycles. The summed E-state index contributed by atoms with van der Waals surface area (Å²) in [5, 5.41) is 7.10. The van der Waals surface area contributed by atoms with Crippen LogP contribution >= 0.6 is 23.2 Å². The maximum Gasteiger partial charge on any atom is 0.323 e. The molecule has 9 heteroatoms. The highest BCUT2D eigenvalue weighted by atomic mass is 35.5. The van der Waals surface area contributed by atoms with E-state index >= 15 is 0 Å². The minimum absolute atomic E-state index is 0.102. The third kappa shape index (κ3) is 4.46. The minimum Gasteiger partial charge on any atom is -0.359 e. The number of carbonyl (C=O) groups excluding carboxylic acids is 1. The molecule has 3 aromatic rings. The van der Waals surface area contributed by atoms with E-state index in [9.17, 15) is 13.6 Å². The van der Waals surface area contributed by atoms with E-state index in [-0.39, 0.29) is 23.9 Å². The molecule has 0 spiro atoms. The lowest BCUT2D eigenvalue weighted by atomic mass is 9.83. The van der Waals surface area contributed by atoms with Gasteiger partial charge in [-0.3, -0.25) is 0 Å². The summed E-state index contributed by atoms with van der Waals surface area (Å²) in [4.78, 5) is 19.6. The summed E-state index contributed by atoms with van der Waals surface area (Å²) in [6.07, 6.45) is 3.44. The lowest BCUT2D eigenvalue weighted by molar-refractivity contribution is -0.0382. The summed E-state index contributed by atoms with van der Waals surface area (Å²) in [5.41, 5.74) is 2.54. The van der Waals surface area contributed by atoms with Crippen LogP contribution in [0.2, 0.25) is 10.2 Å². The van der Waals surface area contributed by atoms with Crippen molar-refractivity contribution < 1.29 is 13.6 Å². The number of carbonyl (C=O) groups is 1. The monoisotopic (exact) mass is 438 g/mol. The van der Waals surface area contributed by atoms with E-state index in [1.54, 1.807) is 24.4 Å². The summed E-state index contributed by atoms with van der Waals surface area (Å²) in [6.45, 7) is 0. The molecule has 5 nitrogen and oxygen atoms in total. The molecule has 0 atom stereocenters. The zero-order chi connectivity index (χ0) is 20.6. The van der Waals surface area contributed by atoms with Crippen LogP contribution < -0.4 is 10.6 Å². The third-order valence-corrected chi connectivity index (χ3v) is 5.72. The molecule has 0 aliphatic heterocycles. The smallest absolute Gasteiger partial charge is 0.323 e. The highest BCUT2D eigenvalue weighted by Crippen LogP contribution is 2.42. The number of hydrogen-bond acceptors (Lipinski definition) is 2. The van der Waals surface area contributed by atoms with Crippen LogP contribution in [0.5, 0.6) is 0 Å². The standard InChI is InChI=1S/C20H18Cl2F2N4O/c21-12-1-2-16-15(7-12)17(10-25-16)28-19(29)27-13-8-14(18(22)26-9-13)11-3-5-20(23,24)6-4-11/h1-2,7-11,25H,3-6H2,(H2,27,28,29). The van der Waals surface area contributed by atoms with Crippen molar-refractivity contribution in [2.24, 2.45) is 0 Å². The number of aromatic nitrogens is 2. The van der Waals surface area contributed by atoms with Gasteiger partial charge in [0.25, 0.3) is 0 Å². The Balaban J connectivity index is 1.47. The Morgan fingerprint density at radius 2 is 1.93 bits per heavy atom. The first kappa shape index (κ1) is 19.9. The molecular formula is C20H18Cl2F2N4O. The summed E-state index contributed by atoms with van der Waals surface area (Å²) < 4.78 is 26.9. The Bertz CT molecular complexity index is 1060. The number of amides is 2. The van der Waals surface area contributed by atoms with Crippen molar-refractivity contribution in [2.75, 3.05) is 10.6 Å². The number of rotatable bonds is 3. The van der Waals surface area contributed by atoms with Crippen LogP contribution in [0.4, 0.5) is 25.0 Å². The van der Waals surface area contributed by atoms with Gasteiger partial charge in [0.15, 0.2) is 0 Å². The van der Waals surface area contributed by atoms with Crippen molar-refractivity contribution >= 4 is 51.5 Å². The number of anilines is 2.